The molecule has 92 valence electrons. The molecule has 0 aliphatic carbocycles. The zero-order chi connectivity index (χ0) is 12.8. The van der Waals surface area contributed by atoms with Crippen LogP contribution in [-0.4, -0.2) is 19.5 Å². The fourth-order valence-corrected chi connectivity index (χ4v) is 1.53. The van der Waals surface area contributed by atoms with Crippen molar-refractivity contribution in [3.05, 3.63) is 53.5 Å². The molecule has 2 rings (SSSR count). The fourth-order valence-electron chi connectivity index (χ4n) is 1.53. The lowest BCUT2D eigenvalue weighted by molar-refractivity contribution is 0.414. The molecule has 0 saturated carbocycles. The van der Waals surface area contributed by atoms with Gasteiger partial charge in [-0.2, -0.15) is 0 Å². The molecule has 0 fully saturated rings. The molecule has 2 aromatic rings. The Balaban J connectivity index is 1.99. The van der Waals surface area contributed by atoms with Gasteiger partial charge in [0.05, 0.1) is 26.1 Å². The van der Waals surface area contributed by atoms with Crippen molar-refractivity contribution in [1.29, 1.82) is 5.41 Å². The Labute approximate surface area is 105 Å². The summed E-state index contributed by atoms with van der Waals surface area (Å²) in [7, 11) is 1.64. The third-order valence-electron chi connectivity index (χ3n) is 2.42. The van der Waals surface area contributed by atoms with Gasteiger partial charge in [-0.3, -0.25) is 4.99 Å². The van der Waals surface area contributed by atoms with E-state index >= 15 is 0 Å². The Morgan fingerprint density at radius 3 is 2.83 bits per heavy atom. The Kier molecular flexibility index (Phi) is 3.91. The molecular formula is C14H14N2O2. The van der Waals surface area contributed by atoms with E-state index in [2.05, 4.69) is 4.99 Å². The van der Waals surface area contributed by atoms with Crippen LogP contribution in [-0.2, 0) is 6.54 Å². The molecule has 4 heteroatoms. The van der Waals surface area contributed by atoms with Crippen LogP contribution in [0, 0.1) is 5.41 Å². The van der Waals surface area contributed by atoms with Gasteiger partial charge in [-0.05, 0) is 29.8 Å². The van der Waals surface area contributed by atoms with Gasteiger partial charge in [-0.1, -0.05) is 12.1 Å². The number of furan rings is 1. The van der Waals surface area contributed by atoms with Crippen LogP contribution in [0.3, 0.4) is 0 Å². The summed E-state index contributed by atoms with van der Waals surface area (Å²) < 4.78 is 10.4. The quantitative estimate of drug-likeness (QED) is 0.819. The molecule has 0 spiro atoms. The van der Waals surface area contributed by atoms with Gasteiger partial charge < -0.3 is 14.6 Å². The van der Waals surface area contributed by atoms with Crippen LogP contribution in [0.4, 0.5) is 0 Å². The molecule has 18 heavy (non-hydrogen) atoms. The van der Waals surface area contributed by atoms with E-state index in [-0.39, 0.29) is 0 Å². The van der Waals surface area contributed by atoms with Gasteiger partial charge in [-0.25, -0.2) is 0 Å². The van der Waals surface area contributed by atoms with Crippen molar-refractivity contribution < 1.29 is 9.15 Å². The van der Waals surface area contributed by atoms with Crippen molar-refractivity contribution in [1.82, 2.24) is 0 Å². The lowest BCUT2D eigenvalue weighted by atomic mass is 10.2. The van der Waals surface area contributed by atoms with Crippen molar-refractivity contribution in [3.8, 4) is 5.75 Å². The standard InChI is InChI=1S/C14H14N2O2/c1-17-12-4-2-3-11(7-12)9-16-10-14-6-5-13(8-15)18-14/h2-8,10,15H,9H2,1H3/b15-8?,16-10+. The second-order valence-corrected chi connectivity index (χ2v) is 3.71. The Bertz CT molecular complexity index is 558. The minimum atomic E-state index is 0.526. The minimum Gasteiger partial charge on any atom is -0.497 e. The summed E-state index contributed by atoms with van der Waals surface area (Å²) in [6.07, 6.45) is 2.83. The molecule has 1 aromatic carbocycles. The first-order valence-electron chi connectivity index (χ1n) is 5.55. The first-order chi connectivity index (χ1) is 8.81. The largest absolute Gasteiger partial charge is 0.497 e. The monoisotopic (exact) mass is 242 g/mol. The van der Waals surface area contributed by atoms with Gasteiger partial charge in [0.1, 0.15) is 17.3 Å². The number of hydrogen-bond acceptors (Lipinski definition) is 4. The summed E-state index contributed by atoms with van der Waals surface area (Å²) in [5.41, 5.74) is 1.07. The van der Waals surface area contributed by atoms with Crippen molar-refractivity contribution in [2.45, 2.75) is 6.54 Å². The van der Waals surface area contributed by atoms with E-state index in [9.17, 15) is 0 Å². The minimum absolute atomic E-state index is 0.526. The highest BCUT2D eigenvalue weighted by molar-refractivity contribution is 5.79. The summed E-state index contributed by atoms with van der Waals surface area (Å²) in [5, 5.41) is 7.04. The van der Waals surface area contributed by atoms with Gasteiger partial charge in [-0.15, -0.1) is 0 Å². The fraction of sp³-hybridized carbons (Fsp3) is 0.143. The SMILES string of the molecule is COc1cccc(C/N=C/c2ccc(C=N)o2)c1. The number of rotatable bonds is 5. The number of nitrogens with zero attached hydrogens (tertiary/aromatic N) is 1. The van der Waals surface area contributed by atoms with Crippen LogP contribution in [0.2, 0.25) is 0 Å². The predicted octanol–water partition coefficient (Wildman–Crippen LogP) is 2.90. The highest BCUT2D eigenvalue weighted by Crippen LogP contribution is 2.13. The first kappa shape index (κ1) is 12.1. The molecular weight excluding hydrogens is 228 g/mol. The molecule has 0 radical (unpaired) electrons. The van der Waals surface area contributed by atoms with E-state index in [4.69, 9.17) is 14.6 Å². The average molecular weight is 242 g/mol. The van der Waals surface area contributed by atoms with Crippen LogP contribution in [0.25, 0.3) is 0 Å². The van der Waals surface area contributed by atoms with E-state index in [1.165, 1.54) is 6.21 Å². The maximum Gasteiger partial charge on any atom is 0.145 e. The highest BCUT2D eigenvalue weighted by atomic mass is 16.5. The van der Waals surface area contributed by atoms with Crippen molar-refractivity contribution in [3.63, 3.8) is 0 Å². The molecule has 0 amide bonds. The molecule has 1 heterocycles. The van der Waals surface area contributed by atoms with Gasteiger partial charge in [0.2, 0.25) is 0 Å². The van der Waals surface area contributed by atoms with Crippen LogP contribution >= 0.6 is 0 Å². The predicted molar refractivity (Wildman–Crippen MR) is 70.9 cm³/mol. The van der Waals surface area contributed by atoms with Crippen LogP contribution in [0.15, 0.2) is 45.8 Å². The Morgan fingerprint density at radius 2 is 2.11 bits per heavy atom. The lowest BCUT2D eigenvalue weighted by Crippen LogP contribution is -1.86. The molecule has 0 atom stereocenters. The molecule has 0 aliphatic heterocycles. The molecule has 0 bridgehead atoms. The first-order valence-corrected chi connectivity index (χ1v) is 5.55. The van der Waals surface area contributed by atoms with E-state index in [0.717, 1.165) is 11.3 Å². The molecule has 4 nitrogen and oxygen atoms in total. The number of benzene rings is 1. The smallest absolute Gasteiger partial charge is 0.145 e. The van der Waals surface area contributed by atoms with E-state index in [1.54, 1.807) is 25.5 Å². The van der Waals surface area contributed by atoms with Crippen LogP contribution in [0.5, 0.6) is 5.75 Å². The Hall–Kier alpha value is -2.36. The number of methoxy groups -OCH3 is 1. The van der Waals surface area contributed by atoms with Crippen molar-refractivity contribution in [2.24, 2.45) is 4.99 Å². The molecule has 1 N–H and O–H groups in total. The summed E-state index contributed by atoms with van der Waals surface area (Å²) in [6, 6.07) is 11.3. The molecule has 1 aromatic heterocycles. The normalized spacial score (nSPS) is 10.7. The lowest BCUT2D eigenvalue weighted by Gasteiger charge is -2.01. The summed E-state index contributed by atoms with van der Waals surface area (Å²) in [5.74, 6) is 2.00. The van der Waals surface area contributed by atoms with Gasteiger partial charge in [0.25, 0.3) is 0 Å². The molecule has 0 saturated heterocycles. The van der Waals surface area contributed by atoms with Gasteiger partial charge in [0, 0.05) is 0 Å². The third-order valence-corrected chi connectivity index (χ3v) is 2.42. The molecule has 0 aliphatic rings. The number of hydrogen-bond donors (Lipinski definition) is 1. The second kappa shape index (κ2) is 5.82. The average Bonchev–Trinajstić information content (AvgIpc) is 2.87. The van der Waals surface area contributed by atoms with Gasteiger partial charge in [0.15, 0.2) is 0 Å². The summed E-state index contributed by atoms with van der Waals surface area (Å²) in [4.78, 5) is 4.29. The third kappa shape index (κ3) is 3.07. The van der Waals surface area contributed by atoms with E-state index in [1.807, 2.05) is 24.3 Å². The van der Waals surface area contributed by atoms with Crippen LogP contribution < -0.4 is 4.74 Å². The van der Waals surface area contributed by atoms with E-state index in [0.29, 0.717) is 18.1 Å². The highest BCUT2D eigenvalue weighted by Gasteiger charge is 1.96. The number of ether oxygens (including phenoxy) is 1. The number of nitrogens with one attached hydrogen (secondary N) is 1. The van der Waals surface area contributed by atoms with E-state index < -0.39 is 0 Å². The topological polar surface area (TPSA) is 58.6 Å². The maximum absolute atomic E-state index is 7.04. The Morgan fingerprint density at radius 1 is 1.28 bits per heavy atom. The zero-order valence-corrected chi connectivity index (χ0v) is 10.1. The zero-order valence-electron chi connectivity index (χ0n) is 10.1. The van der Waals surface area contributed by atoms with Crippen molar-refractivity contribution >= 4 is 12.4 Å². The molecule has 0 unspecified atom stereocenters. The second-order valence-electron chi connectivity index (χ2n) is 3.71. The summed E-state index contributed by atoms with van der Waals surface area (Å²) in [6.45, 7) is 0.567. The number of aliphatic imine (C=N–C) groups is 1. The maximum atomic E-state index is 7.04. The van der Waals surface area contributed by atoms with Gasteiger partial charge >= 0.3 is 0 Å². The van der Waals surface area contributed by atoms with Crippen LogP contribution in [0.1, 0.15) is 17.1 Å². The van der Waals surface area contributed by atoms with Crippen molar-refractivity contribution in [2.75, 3.05) is 7.11 Å². The summed E-state index contributed by atoms with van der Waals surface area (Å²) >= 11 is 0.